The van der Waals surface area contributed by atoms with E-state index < -0.39 is 12.2 Å². The van der Waals surface area contributed by atoms with Crippen molar-refractivity contribution in [1.29, 1.82) is 0 Å². The van der Waals surface area contributed by atoms with Crippen LogP contribution in [0.4, 0.5) is 4.79 Å². The summed E-state index contributed by atoms with van der Waals surface area (Å²) in [5.41, 5.74) is 0.827. The topological polar surface area (TPSA) is 61.8 Å². The SMILES string of the molecule is CN(C)C(=O)Oc1ccc(C(O)CNC2CCCCC2)cc1. The van der Waals surface area contributed by atoms with Gasteiger partial charge in [0, 0.05) is 26.7 Å². The fourth-order valence-electron chi connectivity index (χ4n) is 2.65. The highest BCUT2D eigenvalue weighted by Crippen LogP contribution is 2.20. The molecular weight excluding hydrogens is 280 g/mol. The number of aliphatic hydroxyl groups is 1. The van der Waals surface area contributed by atoms with Crippen LogP contribution in [0.25, 0.3) is 0 Å². The van der Waals surface area contributed by atoms with Gasteiger partial charge in [0.1, 0.15) is 5.75 Å². The number of aliphatic hydroxyl groups excluding tert-OH is 1. The zero-order valence-electron chi connectivity index (χ0n) is 13.4. The van der Waals surface area contributed by atoms with Gasteiger partial charge in [-0.1, -0.05) is 31.4 Å². The zero-order valence-corrected chi connectivity index (χ0v) is 13.4. The summed E-state index contributed by atoms with van der Waals surface area (Å²) < 4.78 is 5.16. The monoisotopic (exact) mass is 306 g/mol. The molecule has 122 valence electrons. The number of nitrogens with zero attached hydrogens (tertiary/aromatic N) is 1. The Labute approximate surface area is 132 Å². The van der Waals surface area contributed by atoms with E-state index in [2.05, 4.69) is 5.32 Å². The van der Waals surface area contributed by atoms with E-state index in [1.54, 1.807) is 38.4 Å². The number of nitrogens with one attached hydrogen (secondary N) is 1. The van der Waals surface area contributed by atoms with E-state index in [9.17, 15) is 9.90 Å². The van der Waals surface area contributed by atoms with Gasteiger partial charge in [0.05, 0.1) is 6.10 Å². The highest BCUT2D eigenvalue weighted by Gasteiger charge is 2.15. The van der Waals surface area contributed by atoms with Gasteiger partial charge in [-0.05, 0) is 30.5 Å². The maximum Gasteiger partial charge on any atom is 0.414 e. The van der Waals surface area contributed by atoms with Crippen LogP contribution in [0.2, 0.25) is 0 Å². The summed E-state index contributed by atoms with van der Waals surface area (Å²) in [6.45, 7) is 0.557. The summed E-state index contributed by atoms with van der Waals surface area (Å²) in [5.74, 6) is 0.481. The van der Waals surface area contributed by atoms with Crippen LogP contribution in [0.15, 0.2) is 24.3 Å². The molecule has 0 radical (unpaired) electrons. The van der Waals surface area contributed by atoms with Crippen LogP contribution in [0, 0.1) is 0 Å². The normalized spacial score (nSPS) is 17.0. The second kappa shape index (κ2) is 8.15. The molecule has 2 N–H and O–H groups in total. The van der Waals surface area contributed by atoms with E-state index in [1.807, 2.05) is 0 Å². The molecule has 0 aliphatic heterocycles. The van der Waals surface area contributed by atoms with Gasteiger partial charge in [0.2, 0.25) is 0 Å². The Morgan fingerprint density at radius 3 is 2.50 bits per heavy atom. The van der Waals surface area contributed by atoms with Crippen LogP contribution in [-0.2, 0) is 0 Å². The van der Waals surface area contributed by atoms with Gasteiger partial charge in [-0.15, -0.1) is 0 Å². The van der Waals surface area contributed by atoms with Gasteiger partial charge < -0.3 is 20.1 Å². The second-order valence-corrected chi connectivity index (χ2v) is 6.09. The highest BCUT2D eigenvalue weighted by atomic mass is 16.6. The second-order valence-electron chi connectivity index (χ2n) is 6.09. The van der Waals surface area contributed by atoms with Crippen LogP contribution in [0.5, 0.6) is 5.75 Å². The molecule has 1 aliphatic carbocycles. The molecule has 1 amide bonds. The molecule has 5 nitrogen and oxygen atoms in total. The number of carbonyl (C=O) groups is 1. The van der Waals surface area contributed by atoms with Crippen LogP contribution in [0.3, 0.4) is 0 Å². The Kier molecular flexibility index (Phi) is 6.21. The Morgan fingerprint density at radius 1 is 1.27 bits per heavy atom. The van der Waals surface area contributed by atoms with Crippen molar-refractivity contribution in [3.05, 3.63) is 29.8 Å². The van der Waals surface area contributed by atoms with Crippen molar-refractivity contribution in [2.75, 3.05) is 20.6 Å². The van der Waals surface area contributed by atoms with Crippen molar-refractivity contribution in [3.8, 4) is 5.75 Å². The summed E-state index contributed by atoms with van der Waals surface area (Å²) in [5, 5.41) is 13.7. The van der Waals surface area contributed by atoms with Gasteiger partial charge in [-0.3, -0.25) is 0 Å². The molecule has 0 spiro atoms. The fourth-order valence-corrected chi connectivity index (χ4v) is 2.65. The molecule has 1 aliphatic rings. The number of hydrogen-bond donors (Lipinski definition) is 2. The quantitative estimate of drug-likeness (QED) is 0.878. The smallest absolute Gasteiger partial charge is 0.410 e. The summed E-state index contributed by atoms with van der Waals surface area (Å²) in [4.78, 5) is 12.8. The van der Waals surface area contributed by atoms with Crippen molar-refractivity contribution in [2.24, 2.45) is 0 Å². The maximum absolute atomic E-state index is 11.5. The lowest BCUT2D eigenvalue weighted by molar-refractivity contribution is 0.165. The Balaban J connectivity index is 1.82. The van der Waals surface area contributed by atoms with Crippen molar-refractivity contribution < 1.29 is 14.6 Å². The van der Waals surface area contributed by atoms with Crippen LogP contribution in [0.1, 0.15) is 43.8 Å². The van der Waals surface area contributed by atoms with Gasteiger partial charge in [-0.2, -0.15) is 0 Å². The molecule has 1 fully saturated rings. The lowest BCUT2D eigenvalue weighted by Crippen LogP contribution is -2.34. The Hall–Kier alpha value is -1.59. The third-order valence-electron chi connectivity index (χ3n) is 4.04. The van der Waals surface area contributed by atoms with Gasteiger partial charge in [0.25, 0.3) is 0 Å². The highest BCUT2D eigenvalue weighted by molar-refractivity contribution is 5.69. The van der Waals surface area contributed by atoms with Gasteiger partial charge >= 0.3 is 6.09 Å². The first-order valence-electron chi connectivity index (χ1n) is 7.97. The van der Waals surface area contributed by atoms with E-state index in [0.717, 1.165) is 5.56 Å². The molecule has 1 atom stereocenters. The first kappa shape index (κ1) is 16.8. The molecule has 0 heterocycles. The van der Waals surface area contributed by atoms with Crippen molar-refractivity contribution >= 4 is 6.09 Å². The molecule has 1 aromatic rings. The average Bonchev–Trinajstić information content (AvgIpc) is 2.54. The fraction of sp³-hybridized carbons (Fsp3) is 0.588. The zero-order chi connectivity index (χ0) is 15.9. The van der Waals surface area contributed by atoms with Crippen molar-refractivity contribution in [2.45, 2.75) is 44.2 Å². The predicted octanol–water partition coefficient (Wildman–Crippen LogP) is 2.70. The minimum absolute atomic E-state index is 0.410. The lowest BCUT2D eigenvalue weighted by atomic mass is 9.95. The standard InChI is InChI=1S/C17H26N2O3/c1-19(2)17(21)22-15-10-8-13(9-11-15)16(20)12-18-14-6-4-3-5-7-14/h8-11,14,16,18,20H,3-7,12H2,1-2H3. The van der Waals surface area contributed by atoms with Crippen LogP contribution in [-0.4, -0.2) is 42.8 Å². The first-order valence-corrected chi connectivity index (χ1v) is 7.97. The summed E-state index contributed by atoms with van der Waals surface area (Å²) in [7, 11) is 3.27. The lowest BCUT2D eigenvalue weighted by Gasteiger charge is -2.24. The van der Waals surface area contributed by atoms with E-state index in [0.29, 0.717) is 18.3 Å². The number of hydrogen-bond acceptors (Lipinski definition) is 4. The van der Waals surface area contributed by atoms with E-state index in [-0.39, 0.29) is 0 Å². The third-order valence-corrected chi connectivity index (χ3v) is 4.04. The molecule has 22 heavy (non-hydrogen) atoms. The minimum atomic E-state index is -0.541. The number of carbonyl (C=O) groups excluding carboxylic acids is 1. The summed E-state index contributed by atoms with van der Waals surface area (Å²) in [6.07, 6.45) is 5.33. The molecular formula is C17H26N2O3. The maximum atomic E-state index is 11.5. The van der Waals surface area contributed by atoms with Crippen molar-refractivity contribution in [1.82, 2.24) is 10.2 Å². The number of amides is 1. The van der Waals surface area contributed by atoms with Crippen LogP contribution >= 0.6 is 0 Å². The number of rotatable bonds is 5. The number of ether oxygens (including phenoxy) is 1. The average molecular weight is 306 g/mol. The molecule has 1 unspecified atom stereocenters. The number of benzene rings is 1. The third kappa shape index (κ3) is 5.00. The molecule has 1 saturated carbocycles. The minimum Gasteiger partial charge on any atom is -0.410 e. The summed E-state index contributed by atoms with van der Waals surface area (Å²) in [6, 6.07) is 7.54. The van der Waals surface area contributed by atoms with Gasteiger partial charge in [0.15, 0.2) is 0 Å². The first-order chi connectivity index (χ1) is 10.6. The van der Waals surface area contributed by atoms with E-state index in [4.69, 9.17) is 4.74 Å². The van der Waals surface area contributed by atoms with E-state index >= 15 is 0 Å². The van der Waals surface area contributed by atoms with E-state index in [1.165, 1.54) is 37.0 Å². The molecule has 0 bridgehead atoms. The molecule has 2 rings (SSSR count). The van der Waals surface area contributed by atoms with Crippen LogP contribution < -0.4 is 10.1 Å². The van der Waals surface area contributed by atoms with Crippen molar-refractivity contribution in [3.63, 3.8) is 0 Å². The predicted molar refractivity (Wildman–Crippen MR) is 86.0 cm³/mol. The Bertz CT molecular complexity index is 467. The molecule has 0 saturated heterocycles. The summed E-state index contributed by atoms with van der Waals surface area (Å²) >= 11 is 0. The molecule has 1 aromatic carbocycles. The largest absolute Gasteiger partial charge is 0.414 e. The molecule has 0 aromatic heterocycles. The Morgan fingerprint density at radius 2 is 1.91 bits per heavy atom. The van der Waals surface area contributed by atoms with Gasteiger partial charge in [-0.25, -0.2) is 4.79 Å². The molecule has 5 heteroatoms.